The molecule has 7 nitrogen and oxygen atoms in total. The summed E-state index contributed by atoms with van der Waals surface area (Å²) in [6.45, 7) is 4.96. The summed E-state index contributed by atoms with van der Waals surface area (Å²) in [6, 6.07) is -1.06. The summed E-state index contributed by atoms with van der Waals surface area (Å²) in [6.07, 6.45) is 0. The van der Waals surface area contributed by atoms with Crippen LogP contribution in [0.4, 0.5) is 0 Å². The molecule has 19 heavy (non-hydrogen) atoms. The molecule has 2 heterocycles. The predicted molar refractivity (Wildman–Crippen MR) is 67.2 cm³/mol. The van der Waals surface area contributed by atoms with Gasteiger partial charge in [-0.3, -0.25) is 9.59 Å². The number of nitrogens with one attached hydrogen (secondary N) is 1. The molecule has 0 bridgehead atoms. The lowest BCUT2D eigenvalue weighted by atomic mass is 9.95. The third-order valence-corrected chi connectivity index (χ3v) is 4.57. The van der Waals surface area contributed by atoms with Gasteiger partial charge in [-0.05, 0) is 5.57 Å². The number of fused-ring (bicyclic) bond motifs is 1. The largest absolute Gasteiger partial charge is 0.479 e. The molecular formula is C11H14N2O5S. The van der Waals surface area contributed by atoms with Gasteiger partial charge in [0.2, 0.25) is 5.91 Å². The normalized spacial score (nSPS) is 33.5. The van der Waals surface area contributed by atoms with Crippen molar-refractivity contribution in [1.82, 2.24) is 10.2 Å². The number of carboxylic acid groups (broad SMARTS) is 1. The van der Waals surface area contributed by atoms with Gasteiger partial charge in [0.05, 0.1) is 0 Å². The molecule has 0 radical (unpaired) electrons. The van der Waals surface area contributed by atoms with Crippen molar-refractivity contribution >= 4 is 29.5 Å². The van der Waals surface area contributed by atoms with E-state index in [1.165, 1.54) is 30.7 Å². The maximum Gasteiger partial charge on any atom is 0.330 e. The van der Waals surface area contributed by atoms with E-state index < -0.39 is 34.9 Å². The Bertz CT molecular complexity index is 480. The molecule has 2 aliphatic rings. The summed E-state index contributed by atoms with van der Waals surface area (Å²) in [4.78, 5) is 35.8. The van der Waals surface area contributed by atoms with Crippen molar-refractivity contribution in [3.05, 3.63) is 12.2 Å². The van der Waals surface area contributed by atoms with Crippen LogP contribution in [0.25, 0.3) is 0 Å². The molecule has 2 fully saturated rings. The molecule has 0 spiro atoms. The van der Waals surface area contributed by atoms with Gasteiger partial charge in [0.1, 0.15) is 5.37 Å². The Kier molecular flexibility index (Phi) is 3.31. The van der Waals surface area contributed by atoms with Crippen LogP contribution in [-0.2, 0) is 19.1 Å². The number of β-lactam (4-membered cyclic amide) rings is 1. The van der Waals surface area contributed by atoms with E-state index in [9.17, 15) is 19.5 Å². The molecule has 0 aromatic carbocycles. The molecule has 0 saturated carbocycles. The highest BCUT2D eigenvalue weighted by molar-refractivity contribution is 8.00. The first kappa shape index (κ1) is 13.9. The van der Waals surface area contributed by atoms with Crippen molar-refractivity contribution in [1.29, 1.82) is 0 Å². The molecule has 0 aromatic heterocycles. The van der Waals surface area contributed by atoms with E-state index in [2.05, 4.69) is 11.9 Å². The van der Waals surface area contributed by atoms with E-state index in [0.717, 1.165) is 0 Å². The Morgan fingerprint density at radius 1 is 1.63 bits per heavy atom. The summed E-state index contributed by atoms with van der Waals surface area (Å²) < 4.78 is 5.16. The third-order valence-electron chi connectivity index (χ3n) is 3.16. The second kappa shape index (κ2) is 4.53. The first-order valence-corrected chi connectivity index (χ1v) is 6.58. The molecule has 2 unspecified atom stereocenters. The Hall–Kier alpha value is -1.54. The number of aliphatic carboxylic acids is 1. The zero-order chi connectivity index (χ0) is 14.4. The highest BCUT2D eigenvalue weighted by Gasteiger charge is 2.67. The van der Waals surface area contributed by atoms with Crippen LogP contribution in [-0.4, -0.2) is 57.8 Å². The first-order valence-electron chi connectivity index (χ1n) is 5.54. The molecule has 2 N–H and O–H groups in total. The number of hydrogen-bond acceptors (Lipinski definition) is 5. The number of carbonyl (C=O) groups excluding carboxylic acids is 2. The van der Waals surface area contributed by atoms with Crippen LogP contribution < -0.4 is 5.32 Å². The molecule has 2 saturated heterocycles. The summed E-state index contributed by atoms with van der Waals surface area (Å²) in [7, 11) is 1.31. The van der Waals surface area contributed by atoms with Crippen LogP contribution in [0.3, 0.4) is 0 Å². The van der Waals surface area contributed by atoms with Gasteiger partial charge < -0.3 is 20.1 Å². The van der Waals surface area contributed by atoms with Crippen molar-refractivity contribution in [2.24, 2.45) is 0 Å². The summed E-state index contributed by atoms with van der Waals surface area (Å²) in [5.41, 5.74) is -1.01. The number of ether oxygens (including phenoxy) is 1. The van der Waals surface area contributed by atoms with Gasteiger partial charge in [-0.2, -0.15) is 0 Å². The average Bonchev–Trinajstić information content (AvgIpc) is 2.34. The number of thioether (sulfide) groups is 1. The third kappa shape index (κ3) is 1.82. The van der Waals surface area contributed by atoms with Crippen molar-refractivity contribution in [3.8, 4) is 0 Å². The fourth-order valence-corrected chi connectivity index (χ4v) is 3.75. The fraction of sp³-hybridized carbons (Fsp3) is 0.545. The van der Waals surface area contributed by atoms with Crippen molar-refractivity contribution in [3.63, 3.8) is 0 Å². The Balaban J connectivity index is 2.32. The minimum atomic E-state index is -1.47. The lowest BCUT2D eigenvalue weighted by molar-refractivity contribution is -0.201. The molecule has 2 amide bonds. The first-order chi connectivity index (χ1) is 8.85. The maximum atomic E-state index is 12.2. The van der Waals surface area contributed by atoms with E-state index in [-0.39, 0.29) is 0 Å². The number of rotatable bonds is 3. The highest BCUT2D eigenvalue weighted by Crippen LogP contribution is 2.46. The minimum absolute atomic E-state index is 0.399. The summed E-state index contributed by atoms with van der Waals surface area (Å²) >= 11 is 1.32. The minimum Gasteiger partial charge on any atom is -0.479 e. The van der Waals surface area contributed by atoms with Crippen LogP contribution in [0.1, 0.15) is 6.92 Å². The molecule has 104 valence electrons. The van der Waals surface area contributed by atoms with Crippen LogP contribution in [0, 0.1) is 0 Å². The second-order valence-corrected chi connectivity index (χ2v) is 5.46. The van der Waals surface area contributed by atoms with Crippen molar-refractivity contribution < 1.29 is 24.2 Å². The van der Waals surface area contributed by atoms with Gasteiger partial charge >= 0.3 is 5.97 Å². The average molecular weight is 286 g/mol. The number of carboxylic acids is 1. The lowest BCUT2D eigenvalue weighted by Crippen LogP contribution is -2.83. The fourth-order valence-electron chi connectivity index (χ4n) is 2.36. The Labute approximate surface area is 114 Å². The topological polar surface area (TPSA) is 95.9 Å². The van der Waals surface area contributed by atoms with Crippen molar-refractivity contribution in [2.75, 3.05) is 12.9 Å². The van der Waals surface area contributed by atoms with E-state index in [1.807, 2.05) is 0 Å². The van der Waals surface area contributed by atoms with E-state index in [1.54, 1.807) is 0 Å². The quantitative estimate of drug-likeness (QED) is 0.408. The van der Waals surface area contributed by atoms with Crippen LogP contribution in [0.15, 0.2) is 12.2 Å². The van der Waals surface area contributed by atoms with Gasteiger partial charge in [-0.15, -0.1) is 11.8 Å². The van der Waals surface area contributed by atoms with Gasteiger partial charge in [0.15, 0.2) is 6.04 Å². The number of methoxy groups -OCH3 is 1. The predicted octanol–water partition coefficient (Wildman–Crippen LogP) is -0.610. The van der Waals surface area contributed by atoms with Gasteiger partial charge in [0, 0.05) is 19.8 Å². The summed E-state index contributed by atoms with van der Waals surface area (Å²) in [5, 5.41) is 11.1. The second-order valence-electron chi connectivity index (χ2n) is 4.40. The van der Waals surface area contributed by atoms with Gasteiger partial charge in [-0.25, -0.2) is 4.79 Å². The van der Waals surface area contributed by atoms with Gasteiger partial charge in [-0.1, -0.05) is 6.58 Å². The van der Waals surface area contributed by atoms with Crippen LogP contribution >= 0.6 is 11.8 Å². The number of hydrogen-bond donors (Lipinski definition) is 2. The van der Waals surface area contributed by atoms with E-state index >= 15 is 0 Å². The number of amides is 2. The highest BCUT2D eigenvalue weighted by atomic mass is 32.2. The number of nitrogens with zero attached hydrogens (tertiary/aromatic N) is 1. The molecule has 0 aliphatic carbocycles. The number of carbonyl (C=O) groups is 3. The zero-order valence-electron chi connectivity index (χ0n) is 10.5. The molecule has 8 heteroatoms. The Morgan fingerprint density at radius 3 is 2.74 bits per heavy atom. The maximum absolute atomic E-state index is 12.2. The van der Waals surface area contributed by atoms with E-state index in [4.69, 9.17) is 4.74 Å². The van der Waals surface area contributed by atoms with Gasteiger partial charge in [0.25, 0.3) is 11.6 Å². The van der Waals surface area contributed by atoms with E-state index in [0.29, 0.717) is 11.3 Å². The molecule has 0 aromatic rings. The molecule has 2 aliphatic heterocycles. The lowest BCUT2D eigenvalue weighted by Gasteiger charge is -2.58. The smallest absolute Gasteiger partial charge is 0.330 e. The zero-order valence-corrected chi connectivity index (χ0v) is 11.3. The molecular weight excluding hydrogens is 272 g/mol. The SMILES string of the molecule is C=C1CS[C@H]2N(C(=O)C2(NC(C)=O)OC)C1C(=O)O. The molecule has 2 rings (SSSR count). The summed E-state index contributed by atoms with van der Waals surface area (Å²) in [5.74, 6) is -1.70. The monoisotopic (exact) mass is 286 g/mol. The van der Waals surface area contributed by atoms with Crippen LogP contribution in [0.2, 0.25) is 0 Å². The van der Waals surface area contributed by atoms with Crippen molar-refractivity contribution in [2.45, 2.75) is 24.1 Å². The molecule has 3 atom stereocenters. The Morgan fingerprint density at radius 2 is 2.26 bits per heavy atom. The van der Waals surface area contributed by atoms with Crippen LogP contribution in [0.5, 0.6) is 0 Å². The standard InChI is InChI=1S/C11H14N2O5S/c1-5-4-19-10-11(18-3,12-6(2)14)9(17)13(10)7(5)8(15)16/h7,10H,1,4H2,2-3H3,(H,12,14)(H,15,16)/t7?,10-,11?/m1/s1.